The molecule has 0 radical (unpaired) electrons. The van der Waals surface area contributed by atoms with Crippen LogP contribution in [0, 0.1) is 0 Å². The summed E-state index contributed by atoms with van der Waals surface area (Å²) >= 11 is 5.16. The highest BCUT2D eigenvalue weighted by molar-refractivity contribution is 7.22. The van der Waals surface area contributed by atoms with E-state index in [0.717, 1.165) is 10.7 Å². The van der Waals surface area contributed by atoms with Gasteiger partial charge in [-0.05, 0) is 22.9 Å². The Balaban J connectivity index is 2.17. The first-order chi connectivity index (χ1) is 8.38. The molecule has 0 aliphatic carbocycles. The maximum absolute atomic E-state index is 5.69. The number of nitrogens with zero attached hydrogens (tertiary/aromatic N) is 1. The van der Waals surface area contributed by atoms with E-state index in [2.05, 4.69) is 40.0 Å². The summed E-state index contributed by atoms with van der Waals surface area (Å²) in [5, 5.41) is 5.17. The zero-order valence-electron chi connectivity index (χ0n) is 8.92. The van der Waals surface area contributed by atoms with Crippen molar-refractivity contribution in [3.8, 4) is 20.3 Å². The Hall–Kier alpha value is -1.01. The molecule has 5 heteroatoms. The molecule has 0 bridgehead atoms. The predicted octanol–water partition coefficient (Wildman–Crippen LogP) is 4.06. The maximum atomic E-state index is 5.69. The molecule has 0 saturated heterocycles. The van der Waals surface area contributed by atoms with Crippen LogP contribution in [0.2, 0.25) is 0 Å². The van der Waals surface area contributed by atoms with Crippen LogP contribution < -0.4 is 5.73 Å². The van der Waals surface area contributed by atoms with Gasteiger partial charge in [-0.25, -0.2) is 4.98 Å². The van der Waals surface area contributed by atoms with E-state index in [9.17, 15) is 0 Å². The molecule has 3 aromatic heterocycles. The Labute approximate surface area is 111 Å². The van der Waals surface area contributed by atoms with Crippen LogP contribution in [-0.4, -0.2) is 4.98 Å². The summed E-state index contributed by atoms with van der Waals surface area (Å²) in [6.45, 7) is 0.508. The second-order valence-electron chi connectivity index (χ2n) is 3.44. The molecule has 2 N–H and O–H groups in total. The second-order valence-corrected chi connectivity index (χ2v) is 6.42. The highest BCUT2D eigenvalue weighted by atomic mass is 32.1. The van der Waals surface area contributed by atoms with Crippen LogP contribution in [0.25, 0.3) is 20.3 Å². The van der Waals surface area contributed by atoms with Crippen molar-refractivity contribution >= 4 is 34.0 Å². The summed E-state index contributed by atoms with van der Waals surface area (Å²) in [6.07, 6.45) is 0. The number of thiazole rings is 1. The minimum Gasteiger partial charge on any atom is -0.325 e. The summed E-state index contributed by atoms with van der Waals surface area (Å²) < 4.78 is 0. The van der Waals surface area contributed by atoms with Crippen LogP contribution in [0.3, 0.4) is 0 Å². The van der Waals surface area contributed by atoms with Gasteiger partial charge in [-0.2, -0.15) is 0 Å². The average Bonchev–Trinajstić information content (AvgIpc) is 3.09. The van der Waals surface area contributed by atoms with Crippen LogP contribution in [-0.2, 0) is 6.54 Å². The van der Waals surface area contributed by atoms with Gasteiger partial charge in [0, 0.05) is 11.4 Å². The SMILES string of the molecule is NCc1nc(-c2cccs2)c(-c2cccs2)s1. The lowest BCUT2D eigenvalue weighted by atomic mass is 10.3. The van der Waals surface area contributed by atoms with Crippen molar-refractivity contribution in [2.24, 2.45) is 5.73 Å². The van der Waals surface area contributed by atoms with Gasteiger partial charge in [0.2, 0.25) is 0 Å². The number of nitrogens with two attached hydrogens (primary N) is 1. The molecule has 2 nitrogen and oxygen atoms in total. The van der Waals surface area contributed by atoms with E-state index in [4.69, 9.17) is 5.73 Å². The largest absolute Gasteiger partial charge is 0.325 e. The summed E-state index contributed by atoms with van der Waals surface area (Å²) in [4.78, 5) is 8.36. The van der Waals surface area contributed by atoms with Crippen molar-refractivity contribution < 1.29 is 0 Å². The third-order valence-corrected chi connectivity index (χ3v) is 5.35. The van der Waals surface area contributed by atoms with E-state index in [0.29, 0.717) is 6.54 Å². The highest BCUT2D eigenvalue weighted by Crippen LogP contribution is 2.40. The van der Waals surface area contributed by atoms with Gasteiger partial charge in [0.1, 0.15) is 10.7 Å². The van der Waals surface area contributed by atoms with Gasteiger partial charge in [0.15, 0.2) is 0 Å². The van der Waals surface area contributed by atoms with Gasteiger partial charge in [0.05, 0.1) is 9.75 Å². The summed E-state index contributed by atoms with van der Waals surface area (Å²) in [5.41, 5.74) is 6.77. The minimum absolute atomic E-state index is 0.508. The molecular weight excluding hydrogens is 268 g/mol. The van der Waals surface area contributed by atoms with E-state index < -0.39 is 0 Å². The zero-order chi connectivity index (χ0) is 11.7. The molecule has 0 aliphatic heterocycles. The predicted molar refractivity (Wildman–Crippen MR) is 76.6 cm³/mol. The zero-order valence-corrected chi connectivity index (χ0v) is 11.4. The molecule has 0 atom stereocenters. The molecule has 3 rings (SSSR count). The van der Waals surface area contributed by atoms with Gasteiger partial charge >= 0.3 is 0 Å². The van der Waals surface area contributed by atoms with Crippen molar-refractivity contribution in [1.29, 1.82) is 0 Å². The Morgan fingerprint density at radius 2 is 1.76 bits per heavy atom. The van der Waals surface area contributed by atoms with E-state index in [1.54, 1.807) is 34.0 Å². The average molecular weight is 278 g/mol. The molecule has 0 aromatic carbocycles. The lowest BCUT2D eigenvalue weighted by molar-refractivity contribution is 1.04. The molecule has 3 heterocycles. The van der Waals surface area contributed by atoms with Crippen LogP contribution >= 0.6 is 34.0 Å². The van der Waals surface area contributed by atoms with Crippen LogP contribution in [0.4, 0.5) is 0 Å². The van der Waals surface area contributed by atoms with E-state index in [1.165, 1.54) is 14.6 Å². The van der Waals surface area contributed by atoms with Crippen molar-refractivity contribution in [3.05, 3.63) is 40.0 Å². The standard InChI is InChI=1S/C12H10N2S3/c13-7-10-14-11(8-3-1-5-15-8)12(17-10)9-4-2-6-16-9/h1-6H,7,13H2. The van der Waals surface area contributed by atoms with Crippen LogP contribution in [0.15, 0.2) is 35.0 Å². The Kier molecular flexibility index (Phi) is 3.07. The summed E-state index contributed by atoms with van der Waals surface area (Å²) in [5.74, 6) is 0. The van der Waals surface area contributed by atoms with Gasteiger partial charge in [-0.1, -0.05) is 12.1 Å². The molecule has 0 aliphatic rings. The number of aromatic nitrogens is 1. The monoisotopic (exact) mass is 278 g/mol. The van der Waals surface area contributed by atoms with Crippen molar-refractivity contribution in [3.63, 3.8) is 0 Å². The molecule has 3 aromatic rings. The lowest BCUT2D eigenvalue weighted by Gasteiger charge is -1.95. The van der Waals surface area contributed by atoms with Crippen LogP contribution in [0.5, 0.6) is 0 Å². The Morgan fingerprint density at radius 1 is 1.06 bits per heavy atom. The molecule has 17 heavy (non-hydrogen) atoms. The molecular formula is C12H10N2S3. The molecule has 0 unspecified atom stereocenters. The maximum Gasteiger partial charge on any atom is 0.108 e. The number of rotatable bonds is 3. The van der Waals surface area contributed by atoms with E-state index in [-0.39, 0.29) is 0 Å². The van der Waals surface area contributed by atoms with Gasteiger partial charge in [-0.15, -0.1) is 34.0 Å². The smallest absolute Gasteiger partial charge is 0.108 e. The van der Waals surface area contributed by atoms with Gasteiger partial charge in [-0.3, -0.25) is 0 Å². The fourth-order valence-corrected chi connectivity index (χ4v) is 4.20. The number of hydrogen-bond acceptors (Lipinski definition) is 5. The summed E-state index contributed by atoms with van der Waals surface area (Å²) in [7, 11) is 0. The Bertz CT molecular complexity index is 542. The Morgan fingerprint density at radius 3 is 2.35 bits per heavy atom. The molecule has 0 fully saturated rings. The van der Waals surface area contributed by atoms with Crippen molar-refractivity contribution in [2.45, 2.75) is 6.54 Å². The van der Waals surface area contributed by atoms with Crippen molar-refractivity contribution in [2.75, 3.05) is 0 Å². The first-order valence-corrected chi connectivity index (χ1v) is 7.73. The quantitative estimate of drug-likeness (QED) is 0.784. The fraction of sp³-hybridized carbons (Fsp3) is 0.0833. The lowest BCUT2D eigenvalue weighted by Crippen LogP contribution is -1.94. The summed E-state index contributed by atoms with van der Waals surface area (Å²) in [6, 6.07) is 8.37. The third-order valence-electron chi connectivity index (χ3n) is 2.35. The van der Waals surface area contributed by atoms with Gasteiger partial charge in [0.25, 0.3) is 0 Å². The highest BCUT2D eigenvalue weighted by Gasteiger charge is 2.15. The number of thiophene rings is 2. The molecule has 0 spiro atoms. The molecule has 0 saturated carbocycles. The van der Waals surface area contributed by atoms with Gasteiger partial charge < -0.3 is 5.73 Å². The topological polar surface area (TPSA) is 38.9 Å². The number of hydrogen-bond donors (Lipinski definition) is 1. The van der Waals surface area contributed by atoms with E-state index >= 15 is 0 Å². The normalized spacial score (nSPS) is 10.9. The third kappa shape index (κ3) is 2.07. The van der Waals surface area contributed by atoms with Crippen molar-refractivity contribution in [1.82, 2.24) is 4.98 Å². The molecule has 86 valence electrons. The first kappa shape index (κ1) is 11.1. The fourth-order valence-electron chi connectivity index (χ4n) is 1.61. The minimum atomic E-state index is 0.508. The van der Waals surface area contributed by atoms with Crippen LogP contribution in [0.1, 0.15) is 5.01 Å². The second kappa shape index (κ2) is 4.70. The first-order valence-electron chi connectivity index (χ1n) is 5.16. The molecule has 0 amide bonds. The van der Waals surface area contributed by atoms with E-state index in [1.807, 2.05) is 0 Å².